The fourth-order valence-electron chi connectivity index (χ4n) is 2.14. The first-order chi connectivity index (χ1) is 6.16. The Morgan fingerprint density at radius 2 is 2.31 bits per heavy atom. The second-order valence-corrected chi connectivity index (χ2v) is 4.58. The van der Waals surface area contributed by atoms with E-state index in [4.69, 9.17) is 5.73 Å². The molecule has 2 fully saturated rings. The van der Waals surface area contributed by atoms with E-state index in [9.17, 15) is 4.79 Å². The second-order valence-electron chi connectivity index (χ2n) is 4.58. The van der Waals surface area contributed by atoms with Crippen LogP contribution in [0.3, 0.4) is 0 Å². The lowest BCUT2D eigenvalue weighted by molar-refractivity contribution is -0.128. The Morgan fingerprint density at radius 3 is 2.77 bits per heavy atom. The third-order valence-corrected chi connectivity index (χ3v) is 3.18. The SMILES string of the molecule is CC(CN1CC(N)CC1=O)C1CC1. The molecule has 3 nitrogen and oxygen atoms in total. The predicted octanol–water partition coefficient (Wildman–Crippen LogP) is 0.592. The maximum Gasteiger partial charge on any atom is 0.224 e. The highest BCUT2D eigenvalue weighted by atomic mass is 16.2. The Kier molecular flexibility index (Phi) is 2.28. The number of nitrogens with two attached hydrogens (primary N) is 1. The van der Waals surface area contributed by atoms with E-state index in [1.807, 2.05) is 4.90 Å². The summed E-state index contributed by atoms with van der Waals surface area (Å²) in [4.78, 5) is 13.3. The van der Waals surface area contributed by atoms with Crippen molar-refractivity contribution in [3.8, 4) is 0 Å². The highest BCUT2D eigenvalue weighted by Crippen LogP contribution is 2.37. The van der Waals surface area contributed by atoms with E-state index in [1.165, 1.54) is 12.8 Å². The zero-order chi connectivity index (χ0) is 9.42. The predicted molar refractivity (Wildman–Crippen MR) is 51.1 cm³/mol. The van der Waals surface area contributed by atoms with Crippen LogP contribution >= 0.6 is 0 Å². The van der Waals surface area contributed by atoms with Gasteiger partial charge >= 0.3 is 0 Å². The third kappa shape index (κ3) is 2.02. The Morgan fingerprint density at radius 1 is 1.62 bits per heavy atom. The minimum absolute atomic E-state index is 0.0823. The van der Waals surface area contributed by atoms with Crippen molar-refractivity contribution >= 4 is 5.91 Å². The van der Waals surface area contributed by atoms with Crippen molar-refractivity contribution in [3.05, 3.63) is 0 Å². The minimum Gasteiger partial charge on any atom is -0.341 e. The highest BCUT2D eigenvalue weighted by Gasteiger charge is 2.33. The standard InChI is InChI=1S/C10H18N2O/c1-7(8-2-3-8)5-12-6-9(11)4-10(12)13/h7-9H,2-6,11H2,1H3. The summed E-state index contributed by atoms with van der Waals surface area (Å²) in [6, 6.07) is 0.0823. The maximum absolute atomic E-state index is 11.4. The van der Waals surface area contributed by atoms with Crippen LogP contribution in [-0.4, -0.2) is 29.9 Å². The van der Waals surface area contributed by atoms with Gasteiger partial charge in [-0.15, -0.1) is 0 Å². The van der Waals surface area contributed by atoms with Gasteiger partial charge in [-0.05, 0) is 24.7 Å². The van der Waals surface area contributed by atoms with E-state index in [-0.39, 0.29) is 11.9 Å². The van der Waals surface area contributed by atoms with E-state index in [2.05, 4.69) is 6.92 Å². The van der Waals surface area contributed by atoms with E-state index < -0.39 is 0 Å². The van der Waals surface area contributed by atoms with E-state index in [1.54, 1.807) is 0 Å². The molecule has 2 aliphatic rings. The number of likely N-dealkylation sites (tertiary alicyclic amines) is 1. The quantitative estimate of drug-likeness (QED) is 0.694. The molecule has 0 spiro atoms. The molecule has 0 aromatic rings. The molecule has 0 radical (unpaired) electrons. The van der Waals surface area contributed by atoms with E-state index in [0.717, 1.165) is 19.0 Å². The van der Waals surface area contributed by atoms with Gasteiger partial charge in [-0.3, -0.25) is 4.79 Å². The summed E-state index contributed by atoms with van der Waals surface area (Å²) in [5.41, 5.74) is 5.72. The molecule has 0 bridgehead atoms. The summed E-state index contributed by atoms with van der Waals surface area (Å²) in [7, 11) is 0. The van der Waals surface area contributed by atoms with Gasteiger partial charge in [0.15, 0.2) is 0 Å². The molecule has 0 aromatic carbocycles. The molecule has 2 atom stereocenters. The first-order valence-corrected chi connectivity index (χ1v) is 5.20. The molecule has 0 aromatic heterocycles. The van der Waals surface area contributed by atoms with Crippen molar-refractivity contribution in [3.63, 3.8) is 0 Å². The monoisotopic (exact) mass is 182 g/mol. The van der Waals surface area contributed by atoms with Crippen LogP contribution in [0, 0.1) is 11.8 Å². The van der Waals surface area contributed by atoms with Gasteiger partial charge in [-0.2, -0.15) is 0 Å². The van der Waals surface area contributed by atoms with Crippen LogP contribution in [0.25, 0.3) is 0 Å². The number of carbonyl (C=O) groups excluding carboxylic acids is 1. The number of amides is 1. The third-order valence-electron chi connectivity index (χ3n) is 3.18. The van der Waals surface area contributed by atoms with Crippen molar-refractivity contribution in [2.45, 2.75) is 32.2 Å². The normalized spacial score (nSPS) is 31.1. The Hall–Kier alpha value is -0.570. The first-order valence-electron chi connectivity index (χ1n) is 5.20. The van der Waals surface area contributed by atoms with Crippen LogP contribution in [-0.2, 0) is 4.79 Å². The van der Waals surface area contributed by atoms with Crippen LogP contribution in [0.2, 0.25) is 0 Å². The maximum atomic E-state index is 11.4. The second kappa shape index (κ2) is 3.29. The molecular formula is C10H18N2O. The Bertz CT molecular complexity index is 213. The lowest BCUT2D eigenvalue weighted by Crippen LogP contribution is -2.32. The number of rotatable bonds is 3. The molecule has 1 saturated carbocycles. The summed E-state index contributed by atoms with van der Waals surface area (Å²) >= 11 is 0. The molecule has 13 heavy (non-hydrogen) atoms. The molecule has 2 N–H and O–H groups in total. The van der Waals surface area contributed by atoms with Gasteiger partial charge in [0.1, 0.15) is 0 Å². The molecule has 1 amide bonds. The molecule has 1 heterocycles. The summed E-state index contributed by atoms with van der Waals surface area (Å²) in [6.07, 6.45) is 3.27. The van der Waals surface area contributed by atoms with Gasteiger partial charge in [0, 0.05) is 25.6 Å². The van der Waals surface area contributed by atoms with Crippen LogP contribution in [0.15, 0.2) is 0 Å². The van der Waals surface area contributed by atoms with Crippen LogP contribution in [0.1, 0.15) is 26.2 Å². The van der Waals surface area contributed by atoms with Crippen LogP contribution in [0.4, 0.5) is 0 Å². The first kappa shape index (κ1) is 9.00. The average molecular weight is 182 g/mol. The topological polar surface area (TPSA) is 46.3 Å². The molecule has 1 saturated heterocycles. The fraction of sp³-hybridized carbons (Fsp3) is 0.900. The van der Waals surface area contributed by atoms with Gasteiger partial charge in [0.25, 0.3) is 0 Å². The Labute approximate surface area is 79.3 Å². The van der Waals surface area contributed by atoms with Crippen molar-refractivity contribution in [1.29, 1.82) is 0 Å². The van der Waals surface area contributed by atoms with Gasteiger partial charge in [0.2, 0.25) is 5.91 Å². The molecule has 1 aliphatic carbocycles. The average Bonchev–Trinajstić information content (AvgIpc) is 2.81. The smallest absolute Gasteiger partial charge is 0.224 e. The lowest BCUT2D eigenvalue weighted by Gasteiger charge is -2.20. The molecular weight excluding hydrogens is 164 g/mol. The molecule has 74 valence electrons. The zero-order valence-corrected chi connectivity index (χ0v) is 8.20. The largest absolute Gasteiger partial charge is 0.341 e. The fourth-order valence-corrected chi connectivity index (χ4v) is 2.14. The summed E-state index contributed by atoms with van der Waals surface area (Å²) in [6.45, 7) is 3.95. The molecule has 2 unspecified atom stereocenters. The van der Waals surface area contributed by atoms with Crippen molar-refractivity contribution in [2.75, 3.05) is 13.1 Å². The zero-order valence-electron chi connectivity index (χ0n) is 8.20. The summed E-state index contributed by atoms with van der Waals surface area (Å²) in [5, 5.41) is 0. The molecule has 1 aliphatic heterocycles. The lowest BCUT2D eigenvalue weighted by atomic mass is 10.1. The number of hydrogen-bond acceptors (Lipinski definition) is 2. The van der Waals surface area contributed by atoms with Gasteiger partial charge in [0.05, 0.1) is 0 Å². The number of hydrogen-bond donors (Lipinski definition) is 1. The Balaban J connectivity index is 1.83. The van der Waals surface area contributed by atoms with Gasteiger partial charge < -0.3 is 10.6 Å². The van der Waals surface area contributed by atoms with Crippen molar-refractivity contribution in [1.82, 2.24) is 4.90 Å². The molecule has 2 rings (SSSR count). The van der Waals surface area contributed by atoms with Crippen molar-refractivity contribution in [2.24, 2.45) is 17.6 Å². The van der Waals surface area contributed by atoms with E-state index in [0.29, 0.717) is 12.3 Å². The number of nitrogens with zero attached hydrogens (tertiary/aromatic N) is 1. The number of carbonyl (C=O) groups is 1. The van der Waals surface area contributed by atoms with Gasteiger partial charge in [-0.1, -0.05) is 6.92 Å². The summed E-state index contributed by atoms with van der Waals surface area (Å²) in [5.74, 6) is 1.80. The highest BCUT2D eigenvalue weighted by molar-refractivity contribution is 5.79. The van der Waals surface area contributed by atoms with Crippen molar-refractivity contribution < 1.29 is 4.79 Å². The van der Waals surface area contributed by atoms with Gasteiger partial charge in [-0.25, -0.2) is 0 Å². The summed E-state index contributed by atoms with van der Waals surface area (Å²) < 4.78 is 0. The van der Waals surface area contributed by atoms with Crippen LogP contribution < -0.4 is 5.73 Å². The van der Waals surface area contributed by atoms with E-state index >= 15 is 0 Å². The van der Waals surface area contributed by atoms with Crippen LogP contribution in [0.5, 0.6) is 0 Å². The minimum atomic E-state index is 0.0823. The molecule has 3 heteroatoms.